The monoisotopic (exact) mass is 562 g/mol. The van der Waals surface area contributed by atoms with E-state index >= 15 is 0 Å². The van der Waals surface area contributed by atoms with Gasteiger partial charge < -0.3 is 34.7 Å². The van der Waals surface area contributed by atoms with E-state index in [2.05, 4.69) is 16.0 Å². The average Bonchev–Trinajstić information content (AvgIpc) is 3.22. The molecule has 0 fully saturated rings. The number of benzene rings is 1. The van der Waals surface area contributed by atoms with Gasteiger partial charge in [-0.15, -0.1) is 0 Å². The molecule has 1 atom stereocenters. The molecule has 218 valence electrons. The Balaban J connectivity index is 1.60. The van der Waals surface area contributed by atoms with Crippen molar-refractivity contribution in [1.82, 2.24) is 15.2 Å². The van der Waals surface area contributed by atoms with Crippen LogP contribution in [0, 0.1) is 0 Å². The SMILES string of the molecule is COc1cc2c(c(OC)c1OC)-c1ccc(NCCCC(=O)NCc3cccn3C)c(=O)cc1[C@@H](NC(C)=O)CC2. The third-order valence-corrected chi connectivity index (χ3v) is 7.33. The van der Waals surface area contributed by atoms with Crippen LogP contribution in [0.3, 0.4) is 0 Å². The van der Waals surface area contributed by atoms with E-state index in [4.69, 9.17) is 14.2 Å². The van der Waals surface area contributed by atoms with Gasteiger partial charge in [0.05, 0.1) is 39.6 Å². The van der Waals surface area contributed by atoms with Gasteiger partial charge >= 0.3 is 0 Å². The van der Waals surface area contributed by atoms with Gasteiger partial charge in [-0.3, -0.25) is 14.4 Å². The first-order valence-corrected chi connectivity index (χ1v) is 13.7. The zero-order valence-electron chi connectivity index (χ0n) is 24.3. The summed E-state index contributed by atoms with van der Waals surface area (Å²) in [5.41, 5.74) is 4.44. The summed E-state index contributed by atoms with van der Waals surface area (Å²) in [5, 5.41) is 9.13. The number of aromatic nitrogens is 1. The zero-order chi connectivity index (χ0) is 29.5. The lowest BCUT2D eigenvalue weighted by atomic mass is 9.95. The number of hydrogen-bond donors (Lipinski definition) is 3. The molecule has 1 aliphatic carbocycles. The van der Waals surface area contributed by atoms with Crippen LogP contribution >= 0.6 is 0 Å². The van der Waals surface area contributed by atoms with Gasteiger partial charge in [0.2, 0.25) is 23.0 Å². The number of ether oxygens (including phenoxy) is 3. The predicted molar refractivity (Wildman–Crippen MR) is 158 cm³/mol. The molecule has 1 aliphatic rings. The Hall–Kier alpha value is -4.47. The van der Waals surface area contributed by atoms with Crippen LogP contribution in [0.15, 0.2) is 47.4 Å². The third-order valence-electron chi connectivity index (χ3n) is 7.33. The van der Waals surface area contributed by atoms with Crippen LogP contribution in [-0.4, -0.2) is 44.3 Å². The van der Waals surface area contributed by atoms with Crippen LogP contribution in [0.25, 0.3) is 11.1 Å². The fraction of sp³-hybridized carbons (Fsp3) is 0.387. The predicted octanol–water partition coefficient (Wildman–Crippen LogP) is 3.71. The van der Waals surface area contributed by atoms with Crippen LogP contribution in [0.1, 0.15) is 49.0 Å². The molecule has 10 nitrogen and oxygen atoms in total. The third kappa shape index (κ3) is 6.65. The van der Waals surface area contributed by atoms with Crippen LogP contribution in [0.5, 0.6) is 17.2 Å². The average molecular weight is 563 g/mol. The fourth-order valence-electron chi connectivity index (χ4n) is 5.28. The number of anilines is 1. The molecule has 0 saturated heterocycles. The van der Waals surface area contributed by atoms with Gasteiger partial charge in [0, 0.05) is 44.4 Å². The van der Waals surface area contributed by atoms with Gasteiger partial charge in [-0.1, -0.05) is 6.07 Å². The number of carbonyl (C=O) groups excluding carboxylic acids is 2. The number of nitrogens with zero attached hydrogens (tertiary/aromatic N) is 1. The van der Waals surface area contributed by atoms with Gasteiger partial charge in [-0.25, -0.2) is 0 Å². The molecule has 3 N–H and O–H groups in total. The van der Waals surface area contributed by atoms with Crippen molar-refractivity contribution in [2.45, 2.75) is 45.2 Å². The van der Waals surface area contributed by atoms with Gasteiger partial charge in [-0.2, -0.15) is 0 Å². The normalized spacial score (nSPS) is 13.7. The Labute approximate surface area is 240 Å². The number of rotatable bonds is 11. The summed E-state index contributed by atoms with van der Waals surface area (Å²) < 4.78 is 19.0. The van der Waals surface area contributed by atoms with Crippen molar-refractivity contribution in [2.75, 3.05) is 33.2 Å². The van der Waals surface area contributed by atoms with Gasteiger partial charge in [0.15, 0.2) is 11.5 Å². The highest BCUT2D eigenvalue weighted by Gasteiger charge is 2.29. The van der Waals surface area contributed by atoms with Crippen LogP contribution in [-0.2, 0) is 29.6 Å². The number of hydrogen-bond acceptors (Lipinski definition) is 7. The van der Waals surface area contributed by atoms with E-state index < -0.39 is 0 Å². The molecule has 2 amide bonds. The first-order chi connectivity index (χ1) is 19.8. The molecule has 1 heterocycles. The number of nitrogens with one attached hydrogen (secondary N) is 3. The lowest BCUT2D eigenvalue weighted by Crippen LogP contribution is -2.26. The summed E-state index contributed by atoms with van der Waals surface area (Å²) in [6, 6.07) is 10.6. The number of methoxy groups -OCH3 is 3. The molecule has 0 saturated carbocycles. The second kappa shape index (κ2) is 13.3. The van der Waals surface area contributed by atoms with Crippen molar-refractivity contribution >= 4 is 17.5 Å². The van der Waals surface area contributed by atoms with Crippen molar-refractivity contribution in [3.63, 3.8) is 0 Å². The maximum Gasteiger partial charge on any atom is 0.220 e. The van der Waals surface area contributed by atoms with E-state index in [1.165, 1.54) is 6.92 Å². The Morgan fingerprint density at radius 3 is 2.49 bits per heavy atom. The largest absolute Gasteiger partial charge is 0.493 e. The maximum atomic E-state index is 13.4. The van der Waals surface area contributed by atoms with E-state index in [0.717, 1.165) is 22.4 Å². The number of amides is 2. The summed E-state index contributed by atoms with van der Waals surface area (Å²) in [6.07, 6.45) is 4.03. The summed E-state index contributed by atoms with van der Waals surface area (Å²) in [6.45, 7) is 2.38. The molecule has 1 aromatic heterocycles. The van der Waals surface area contributed by atoms with Crippen molar-refractivity contribution in [2.24, 2.45) is 7.05 Å². The molecule has 10 heteroatoms. The van der Waals surface area contributed by atoms with E-state index in [1.54, 1.807) is 33.5 Å². The molecular formula is C31H38N4O6. The lowest BCUT2D eigenvalue weighted by Gasteiger charge is -2.19. The highest BCUT2D eigenvalue weighted by atomic mass is 16.5. The first-order valence-electron chi connectivity index (χ1n) is 13.7. The molecule has 41 heavy (non-hydrogen) atoms. The van der Waals surface area contributed by atoms with Gasteiger partial charge in [0.25, 0.3) is 0 Å². The number of carbonyl (C=O) groups is 2. The Morgan fingerprint density at radius 1 is 1.05 bits per heavy atom. The fourth-order valence-corrected chi connectivity index (χ4v) is 5.28. The summed E-state index contributed by atoms with van der Waals surface area (Å²) in [5.74, 6) is 1.27. The summed E-state index contributed by atoms with van der Waals surface area (Å²) in [7, 11) is 6.63. The molecule has 0 unspecified atom stereocenters. The highest BCUT2D eigenvalue weighted by Crippen LogP contribution is 2.50. The minimum absolute atomic E-state index is 0.0492. The standard InChI is InChI=1S/C31H38N4O6/c1-19(36)34-24-12-10-20-16-27(39-3)30(40-4)31(41-5)29(20)22-11-13-25(26(37)17-23(22)24)32-14-6-9-28(38)33-18-21-8-7-15-35(21)2/h7-8,11,13,15-17,24H,6,9-10,12,14,18H2,1-5H3,(H,32,37)(H,33,38)(H,34,36)/t24-/m0/s1. The lowest BCUT2D eigenvalue weighted by molar-refractivity contribution is -0.121. The Bertz CT molecular complexity index is 1480. The maximum absolute atomic E-state index is 13.4. The molecule has 2 aromatic carbocycles. The second-order valence-corrected chi connectivity index (χ2v) is 10.0. The number of aryl methyl sites for hydroxylation is 2. The van der Waals surface area contributed by atoms with Crippen LogP contribution in [0.2, 0.25) is 0 Å². The number of fused-ring (bicyclic) bond motifs is 3. The molecule has 4 rings (SSSR count). The molecular weight excluding hydrogens is 524 g/mol. The van der Waals surface area contributed by atoms with E-state index in [9.17, 15) is 14.4 Å². The molecule has 0 radical (unpaired) electrons. The quantitative estimate of drug-likeness (QED) is 0.305. The van der Waals surface area contributed by atoms with Gasteiger partial charge in [-0.05, 0) is 66.3 Å². The van der Waals surface area contributed by atoms with E-state index in [-0.39, 0.29) is 23.3 Å². The molecule has 0 aliphatic heterocycles. The second-order valence-electron chi connectivity index (χ2n) is 10.0. The molecule has 0 bridgehead atoms. The van der Waals surface area contributed by atoms with Crippen molar-refractivity contribution < 1.29 is 23.8 Å². The van der Waals surface area contributed by atoms with E-state index in [1.807, 2.05) is 42.1 Å². The zero-order valence-corrected chi connectivity index (χ0v) is 24.3. The Kier molecular flexibility index (Phi) is 9.54. The van der Waals surface area contributed by atoms with Gasteiger partial charge in [0.1, 0.15) is 0 Å². The van der Waals surface area contributed by atoms with Crippen LogP contribution < -0.4 is 35.6 Å². The molecule has 0 spiro atoms. The van der Waals surface area contributed by atoms with Crippen molar-refractivity contribution in [1.29, 1.82) is 0 Å². The smallest absolute Gasteiger partial charge is 0.220 e. The highest BCUT2D eigenvalue weighted by molar-refractivity contribution is 5.83. The minimum atomic E-state index is -0.377. The van der Waals surface area contributed by atoms with Crippen molar-refractivity contribution in [3.8, 4) is 28.4 Å². The summed E-state index contributed by atoms with van der Waals surface area (Å²) >= 11 is 0. The van der Waals surface area contributed by atoms with Crippen LogP contribution in [0.4, 0.5) is 5.69 Å². The Morgan fingerprint density at radius 2 is 1.83 bits per heavy atom. The summed E-state index contributed by atoms with van der Waals surface area (Å²) in [4.78, 5) is 37.8. The first kappa shape index (κ1) is 29.5. The molecule has 3 aromatic rings. The van der Waals surface area contributed by atoms with Crippen molar-refractivity contribution in [3.05, 3.63) is 69.6 Å². The minimum Gasteiger partial charge on any atom is -0.493 e. The topological polar surface area (TPSA) is 120 Å². The van der Waals surface area contributed by atoms with E-state index in [0.29, 0.717) is 67.3 Å².